The topological polar surface area (TPSA) is 112 Å². The summed E-state index contributed by atoms with van der Waals surface area (Å²) in [5, 5.41) is 14.3. The zero-order valence-electron chi connectivity index (χ0n) is 15.5. The molecule has 27 heavy (non-hydrogen) atoms. The molecule has 2 fully saturated rings. The van der Waals surface area contributed by atoms with Gasteiger partial charge in [0.25, 0.3) is 0 Å². The molecule has 2 heterocycles. The van der Waals surface area contributed by atoms with Crippen molar-refractivity contribution in [3.05, 3.63) is 0 Å². The Labute approximate surface area is 158 Å². The van der Waals surface area contributed by atoms with Crippen LogP contribution in [0.25, 0.3) is 0 Å². The lowest BCUT2D eigenvalue weighted by Gasteiger charge is -2.32. The molecule has 0 aromatic rings. The average Bonchev–Trinajstić information content (AvgIpc) is 3.38. The molecule has 1 aliphatic carbocycles. The third-order valence-electron chi connectivity index (χ3n) is 5.66. The second-order valence-electron chi connectivity index (χ2n) is 7.49. The zero-order valence-corrected chi connectivity index (χ0v) is 15.5. The zero-order chi connectivity index (χ0) is 19.2. The second kappa shape index (κ2) is 9.27. The van der Waals surface area contributed by atoms with Gasteiger partial charge in [-0.1, -0.05) is 25.7 Å². The van der Waals surface area contributed by atoms with Crippen LogP contribution in [0.3, 0.4) is 0 Å². The summed E-state index contributed by atoms with van der Waals surface area (Å²) in [7, 11) is 0. The minimum Gasteiger partial charge on any atom is -0.378 e. The molecule has 0 spiro atoms. The lowest BCUT2D eigenvalue weighted by Crippen LogP contribution is -2.51. The van der Waals surface area contributed by atoms with Crippen molar-refractivity contribution in [3.8, 4) is 0 Å². The van der Waals surface area contributed by atoms with E-state index in [1.54, 1.807) is 16.6 Å². The SMILES string of the molecule is O=C(CC(CC1CCCC1)C(=O)N1N=CCC1C(=O)N1CCOCC1)NO. The normalized spacial score (nSPS) is 24.3. The molecule has 3 amide bonds. The summed E-state index contributed by atoms with van der Waals surface area (Å²) in [4.78, 5) is 39.4. The van der Waals surface area contributed by atoms with Crippen molar-refractivity contribution in [1.29, 1.82) is 0 Å². The highest BCUT2D eigenvalue weighted by molar-refractivity contribution is 5.93. The molecule has 150 valence electrons. The van der Waals surface area contributed by atoms with Crippen LogP contribution in [0, 0.1) is 11.8 Å². The summed E-state index contributed by atoms with van der Waals surface area (Å²) in [6.45, 7) is 2.01. The van der Waals surface area contributed by atoms with E-state index in [1.807, 2.05) is 0 Å². The van der Waals surface area contributed by atoms with Gasteiger partial charge in [0, 0.05) is 38.1 Å². The van der Waals surface area contributed by atoms with Gasteiger partial charge in [-0.3, -0.25) is 19.6 Å². The molecular formula is C18H28N4O5. The van der Waals surface area contributed by atoms with E-state index in [1.165, 1.54) is 5.01 Å². The van der Waals surface area contributed by atoms with Gasteiger partial charge >= 0.3 is 0 Å². The van der Waals surface area contributed by atoms with E-state index in [0.29, 0.717) is 45.1 Å². The highest BCUT2D eigenvalue weighted by Gasteiger charge is 2.39. The van der Waals surface area contributed by atoms with Crippen molar-refractivity contribution in [2.75, 3.05) is 26.3 Å². The Morgan fingerprint density at radius 1 is 1.22 bits per heavy atom. The Morgan fingerprint density at radius 3 is 2.59 bits per heavy atom. The number of hydrazone groups is 1. The first-order valence-electron chi connectivity index (χ1n) is 9.75. The summed E-state index contributed by atoms with van der Waals surface area (Å²) in [6.07, 6.45) is 6.81. The number of nitrogens with zero attached hydrogens (tertiary/aromatic N) is 3. The number of carbonyl (C=O) groups excluding carboxylic acids is 3. The third-order valence-corrected chi connectivity index (χ3v) is 5.66. The Hall–Kier alpha value is -2.00. The van der Waals surface area contributed by atoms with Crippen LogP contribution in [-0.2, 0) is 19.1 Å². The van der Waals surface area contributed by atoms with Crippen molar-refractivity contribution in [2.24, 2.45) is 16.9 Å². The molecule has 0 radical (unpaired) electrons. The van der Waals surface area contributed by atoms with E-state index in [2.05, 4.69) is 5.10 Å². The van der Waals surface area contributed by atoms with E-state index in [-0.39, 0.29) is 18.2 Å². The van der Waals surface area contributed by atoms with Crippen molar-refractivity contribution >= 4 is 23.9 Å². The number of hydroxylamine groups is 1. The fraction of sp³-hybridized carbons (Fsp3) is 0.778. The van der Waals surface area contributed by atoms with Crippen LogP contribution in [0.4, 0.5) is 0 Å². The molecule has 1 saturated heterocycles. The van der Waals surface area contributed by atoms with Crippen LogP contribution in [0.1, 0.15) is 44.9 Å². The molecule has 0 aromatic heterocycles. The monoisotopic (exact) mass is 380 g/mol. The highest BCUT2D eigenvalue weighted by atomic mass is 16.5. The number of carbonyl (C=O) groups is 3. The second-order valence-corrected chi connectivity index (χ2v) is 7.49. The number of morpholine rings is 1. The molecule has 9 heteroatoms. The van der Waals surface area contributed by atoms with E-state index in [9.17, 15) is 14.4 Å². The number of hydrogen-bond donors (Lipinski definition) is 2. The molecule has 2 aliphatic heterocycles. The fourth-order valence-corrected chi connectivity index (χ4v) is 4.20. The molecule has 2 N–H and O–H groups in total. The van der Waals surface area contributed by atoms with Gasteiger partial charge in [-0.25, -0.2) is 10.5 Å². The maximum atomic E-state index is 13.1. The maximum Gasteiger partial charge on any atom is 0.248 e. The molecule has 2 atom stereocenters. The molecular weight excluding hydrogens is 352 g/mol. The van der Waals surface area contributed by atoms with Crippen LogP contribution < -0.4 is 5.48 Å². The first-order chi connectivity index (χ1) is 13.1. The molecule has 3 rings (SSSR count). The molecule has 3 aliphatic rings. The van der Waals surface area contributed by atoms with E-state index < -0.39 is 17.9 Å². The van der Waals surface area contributed by atoms with Crippen molar-refractivity contribution in [2.45, 2.75) is 51.0 Å². The lowest BCUT2D eigenvalue weighted by atomic mass is 9.89. The minimum absolute atomic E-state index is 0.101. The van der Waals surface area contributed by atoms with Crippen molar-refractivity contribution in [3.63, 3.8) is 0 Å². The van der Waals surface area contributed by atoms with Crippen LogP contribution in [0.5, 0.6) is 0 Å². The number of ether oxygens (including phenoxy) is 1. The smallest absolute Gasteiger partial charge is 0.248 e. The lowest BCUT2D eigenvalue weighted by molar-refractivity contribution is -0.150. The van der Waals surface area contributed by atoms with Crippen LogP contribution in [0.2, 0.25) is 0 Å². The Balaban J connectivity index is 1.69. The highest BCUT2D eigenvalue weighted by Crippen LogP contribution is 2.33. The summed E-state index contributed by atoms with van der Waals surface area (Å²) >= 11 is 0. The van der Waals surface area contributed by atoms with Gasteiger partial charge in [0.2, 0.25) is 17.7 Å². The average molecular weight is 380 g/mol. The standard InChI is InChI=1S/C18H28N4O5/c23-16(20-26)12-14(11-13-3-1-2-4-13)17(24)22-15(5-6-19-22)18(25)21-7-9-27-10-8-21/h6,13-15,26H,1-5,7-12H2,(H,20,23). The minimum atomic E-state index is -0.654. The molecule has 0 bridgehead atoms. The Morgan fingerprint density at radius 2 is 1.93 bits per heavy atom. The van der Waals surface area contributed by atoms with Gasteiger partial charge in [-0.2, -0.15) is 5.10 Å². The molecule has 9 nitrogen and oxygen atoms in total. The van der Waals surface area contributed by atoms with Crippen molar-refractivity contribution < 1.29 is 24.3 Å². The Bertz CT molecular complexity index is 584. The number of amides is 3. The largest absolute Gasteiger partial charge is 0.378 e. The first kappa shape index (κ1) is 19.8. The van der Waals surface area contributed by atoms with Gasteiger partial charge < -0.3 is 9.64 Å². The Kier molecular flexibility index (Phi) is 6.78. The fourth-order valence-electron chi connectivity index (χ4n) is 4.20. The van der Waals surface area contributed by atoms with Gasteiger partial charge in [0.15, 0.2) is 0 Å². The van der Waals surface area contributed by atoms with Gasteiger partial charge in [-0.05, 0) is 12.3 Å². The summed E-state index contributed by atoms with van der Waals surface area (Å²) in [5.74, 6) is -1.23. The predicted octanol–water partition coefficient (Wildman–Crippen LogP) is 0.524. The number of rotatable bonds is 6. The predicted molar refractivity (Wildman–Crippen MR) is 95.8 cm³/mol. The molecule has 2 unspecified atom stereocenters. The molecule has 1 saturated carbocycles. The van der Waals surface area contributed by atoms with E-state index in [0.717, 1.165) is 25.7 Å². The first-order valence-corrected chi connectivity index (χ1v) is 9.75. The maximum absolute atomic E-state index is 13.1. The summed E-state index contributed by atoms with van der Waals surface area (Å²) < 4.78 is 5.28. The van der Waals surface area contributed by atoms with E-state index in [4.69, 9.17) is 9.94 Å². The third kappa shape index (κ3) is 4.84. The van der Waals surface area contributed by atoms with Gasteiger partial charge in [-0.15, -0.1) is 0 Å². The van der Waals surface area contributed by atoms with Crippen LogP contribution >= 0.6 is 0 Å². The van der Waals surface area contributed by atoms with Gasteiger partial charge in [0.1, 0.15) is 6.04 Å². The van der Waals surface area contributed by atoms with Gasteiger partial charge in [0.05, 0.1) is 13.2 Å². The quantitative estimate of drug-likeness (QED) is 0.516. The van der Waals surface area contributed by atoms with Crippen molar-refractivity contribution in [1.82, 2.24) is 15.4 Å². The summed E-state index contributed by atoms with van der Waals surface area (Å²) in [5.41, 5.74) is 1.61. The van der Waals surface area contributed by atoms with E-state index >= 15 is 0 Å². The summed E-state index contributed by atoms with van der Waals surface area (Å²) in [6, 6.07) is -0.654. The number of nitrogens with one attached hydrogen (secondary N) is 1. The van der Waals surface area contributed by atoms with Crippen LogP contribution in [-0.4, -0.2) is 71.4 Å². The molecule has 0 aromatic carbocycles. The van der Waals surface area contributed by atoms with Crippen LogP contribution in [0.15, 0.2) is 5.10 Å². The number of hydrogen-bond acceptors (Lipinski definition) is 6.